The molecule has 0 aliphatic carbocycles. The lowest BCUT2D eigenvalue weighted by Gasteiger charge is -2.28. The van der Waals surface area contributed by atoms with Crippen LogP contribution in [0.3, 0.4) is 0 Å². The number of amides is 1. The van der Waals surface area contributed by atoms with Gasteiger partial charge in [0.2, 0.25) is 0 Å². The van der Waals surface area contributed by atoms with E-state index in [0.29, 0.717) is 23.9 Å². The number of hydrogen-bond acceptors (Lipinski definition) is 6. The van der Waals surface area contributed by atoms with Gasteiger partial charge in [-0.25, -0.2) is 0 Å². The van der Waals surface area contributed by atoms with Crippen LogP contribution in [0.15, 0.2) is 47.4 Å². The second kappa shape index (κ2) is 9.73. The van der Waals surface area contributed by atoms with E-state index in [1.165, 1.54) is 18.7 Å². The van der Waals surface area contributed by atoms with Crippen LogP contribution in [0.5, 0.6) is 5.75 Å². The van der Waals surface area contributed by atoms with Crippen molar-refractivity contribution in [1.82, 2.24) is 4.90 Å². The second-order valence-electron chi connectivity index (χ2n) is 7.25. The van der Waals surface area contributed by atoms with Crippen molar-refractivity contribution in [2.24, 2.45) is 0 Å². The van der Waals surface area contributed by atoms with E-state index < -0.39 is 17.3 Å². The molecule has 1 aliphatic heterocycles. The predicted molar refractivity (Wildman–Crippen MR) is 120 cm³/mol. The summed E-state index contributed by atoms with van der Waals surface area (Å²) >= 11 is 7.74. The van der Waals surface area contributed by atoms with Crippen LogP contribution in [0.25, 0.3) is 0 Å². The standard InChI is InChI=1S/C22H25ClN2O4S/c1-14(26)29-20-21(15-5-8-17(28-4)9-6-15)30-19-13-16(23)7-10-18(19)25(22(20)27)12-11-24(2)3/h5-10,13,20-21H,11-12H2,1-4H3/t20?,21-/m0/s1. The highest BCUT2D eigenvalue weighted by atomic mass is 35.5. The van der Waals surface area contributed by atoms with Crippen molar-refractivity contribution in [3.63, 3.8) is 0 Å². The monoisotopic (exact) mass is 448 g/mol. The summed E-state index contributed by atoms with van der Waals surface area (Å²) in [7, 11) is 5.49. The molecule has 0 radical (unpaired) electrons. The molecule has 1 unspecified atom stereocenters. The van der Waals surface area contributed by atoms with E-state index in [2.05, 4.69) is 0 Å². The fourth-order valence-electron chi connectivity index (χ4n) is 3.26. The van der Waals surface area contributed by atoms with Gasteiger partial charge in [-0.05, 0) is 50.0 Å². The number of anilines is 1. The molecule has 2 atom stereocenters. The number of fused-ring (bicyclic) bond motifs is 1. The average molecular weight is 449 g/mol. The minimum Gasteiger partial charge on any atom is -0.497 e. The van der Waals surface area contributed by atoms with Gasteiger partial charge in [-0.3, -0.25) is 9.59 Å². The van der Waals surface area contributed by atoms with Crippen LogP contribution in [-0.2, 0) is 14.3 Å². The van der Waals surface area contributed by atoms with Gasteiger partial charge in [0.1, 0.15) is 5.75 Å². The molecule has 3 rings (SSSR count). The van der Waals surface area contributed by atoms with E-state index in [9.17, 15) is 9.59 Å². The maximum absolute atomic E-state index is 13.6. The second-order valence-corrected chi connectivity index (χ2v) is 8.87. The van der Waals surface area contributed by atoms with E-state index in [1.807, 2.05) is 55.4 Å². The predicted octanol–water partition coefficient (Wildman–Crippen LogP) is 4.02. The van der Waals surface area contributed by atoms with Gasteiger partial charge in [0.05, 0.1) is 18.0 Å². The number of thioether (sulfide) groups is 1. The van der Waals surface area contributed by atoms with Gasteiger partial charge < -0.3 is 19.3 Å². The lowest BCUT2D eigenvalue weighted by molar-refractivity contribution is -0.152. The van der Waals surface area contributed by atoms with Crippen LogP contribution in [0.4, 0.5) is 5.69 Å². The van der Waals surface area contributed by atoms with Crippen molar-refractivity contribution < 1.29 is 19.1 Å². The first kappa shape index (κ1) is 22.5. The van der Waals surface area contributed by atoms with Crippen LogP contribution in [-0.4, -0.2) is 57.2 Å². The SMILES string of the molecule is COc1ccc([C@@H]2Sc3cc(Cl)ccc3N(CCN(C)C)C(=O)C2OC(C)=O)cc1. The van der Waals surface area contributed by atoms with E-state index in [-0.39, 0.29) is 5.91 Å². The van der Waals surface area contributed by atoms with Gasteiger partial charge in [-0.15, -0.1) is 11.8 Å². The number of likely N-dealkylation sites (N-methyl/N-ethyl adjacent to an activating group) is 1. The highest BCUT2D eigenvalue weighted by molar-refractivity contribution is 7.99. The molecule has 2 aromatic rings. The molecule has 6 nitrogen and oxygen atoms in total. The number of nitrogens with zero attached hydrogens (tertiary/aromatic N) is 2. The van der Waals surface area contributed by atoms with E-state index >= 15 is 0 Å². The molecule has 0 aromatic heterocycles. The quantitative estimate of drug-likeness (QED) is 0.622. The Morgan fingerprint density at radius 1 is 1.20 bits per heavy atom. The van der Waals surface area contributed by atoms with Crippen molar-refractivity contribution in [1.29, 1.82) is 0 Å². The van der Waals surface area contributed by atoms with E-state index in [0.717, 1.165) is 16.1 Å². The first-order chi connectivity index (χ1) is 14.3. The summed E-state index contributed by atoms with van der Waals surface area (Å²) in [5, 5.41) is 0.162. The lowest BCUT2D eigenvalue weighted by atomic mass is 10.1. The van der Waals surface area contributed by atoms with Gasteiger partial charge in [0.25, 0.3) is 5.91 Å². The number of benzene rings is 2. The summed E-state index contributed by atoms with van der Waals surface area (Å²) < 4.78 is 10.8. The third-order valence-corrected chi connectivity index (χ3v) is 6.35. The Morgan fingerprint density at radius 2 is 1.90 bits per heavy atom. The first-order valence-electron chi connectivity index (χ1n) is 9.53. The Balaban J connectivity index is 2.09. The highest BCUT2D eigenvalue weighted by Gasteiger charge is 2.40. The number of halogens is 1. The third kappa shape index (κ3) is 5.09. The van der Waals surface area contributed by atoms with Crippen molar-refractivity contribution in [2.75, 3.05) is 39.2 Å². The average Bonchev–Trinajstić information content (AvgIpc) is 2.81. The number of ether oxygens (including phenoxy) is 2. The molecule has 8 heteroatoms. The molecule has 1 amide bonds. The molecule has 0 N–H and O–H groups in total. The number of carbonyl (C=O) groups is 2. The molecular formula is C22H25ClN2O4S. The molecule has 30 heavy (non-hydrogen) atoms. The number of methoxy groups -OCH3 is 1. The summed E-state index contributed by atoms with van der Waals surface area (Å²) in [5.74, 6) is -0.0331. The summed E-state index contributed by atoms with van der Waals surface area (Å²) in [6.45, 7) is 2.45. The molecule has 0 saturated heterocycles. The van der Waals surface area contributed by atoms with Gasteiger partial charge in [0, 0.05) is 29.9 Å². The highest BCUT2D eigenvalue weighted by Crippen LogP contribution is 2.47. The van der Waals surface area contributed by atoms with E-state index in [4.69, 9.17) is 21.1 Å². The van der Waals surface area contributed by atoms with Gasteiger partial charge >= 0.3 is 5.97 Å². The molecule has 0 spiro atoms. The number of rotatable bonds is 6. The van der Waals surface area contributed by atoms with Crippen LogP contribution in [0, 0.1) is 0 Å². The molecular weight excluding hydrogens is 424 g/mol. The third-order valence-electron chi connectivity index (χ3n) is 4.76. The summed E-state index contributed by atoms with van der Waals surface area (Å²) in [5.41, 5.74) is 1.63. The molecule has 1 aliphatic rings. The van der Waals surface area contributed by atoms with Crippen molar-refractivity contribution in [2.45, 2.75) is 23.2 Å². The van der Waals surface area contributed by atoms with Crippen LogP contribution in [0.1, 0.15) is 17.7 Å². The molecule has 0 fully saturated rings. The van der Waals surface area contributed by atoms with Crippen LogP contribution < -0.4 is 9.64 Å². The zero-order chi connectivity index (χ0) is 21.8. The Morgan fingerprint density at radius 3 is 2.50 bits per heavy atom. The summed E-state index contributed by atoms with van der Waals surface area (Å²) in [4.78, 5) is 30.1. The van der Waals surface area contributed by atoms with Crippen molar-refractivity contribution >= 4 is 40.9 Å². The zero-order valence-corrected chi connectivity index (χ0v) is 19.0. The first-order valence-corrected chi connectivity index (χ1v) is 10.8. The molecule has 1 heterocycles. The zero-order valence-electron chi connectivity index (χ0n) is 17.4. The largest absolute Gasteiger partial charge is 0.497 e. The van der Waals surface area contributed by atoms with E-state index in [1.54, 1.807) is 18.1 Å². The van der Waals surface area contributed by atoms with Crippen molar-refractivity contribution in [3.8, 4) is 5.75 Å². The Kier molecular flexibility index (Phi) is 7.28. The van der Waals surface area contributed by atoms with Gasteiger partial charge in [0.15, 0.2) is 6.10 Å². The Labute approximate surface area is 186 Å². The summed E-state index contributed by atoms with van der Waals surface area (Å²) in [6.07, 6.45) is -0.964. The topological polar surface area (TPSA) is 59.1 Å². The fourth-order valence-corrected chi connectivity index (χ4v) is 4.86. The minimum atomic E-state index is -0.964. The van der Waals surface area contributed by atoms with Crippen LogP contribution in [0.2, 0.25) is 5.02 Å². The number of hydrogen-bond donors (Lipinski definition) is 0. The Bertz CT molecular complexity index is 920. The normalized spacial score (nSPS) is 18.7. The molecule has 160 valence electrons. The smallest absolute Gasteiger partial charge is 0.303 e. The lowest BCUT2D eigenvalue weighted by Crippen LogP contribution is -2.45. The minimum absolute atomic E-state index is 0.249. The molecule has 0 bridgehead atoms. The maximum atomic E-state index is 13.6. The van der Waals surface area contributed by atoms with Crippen LogP contribution >= 0.6 is 23.4 Å². The fraction of sp³-hybridized carbons (Fsp3) is 0.364. The van der Waals surface area contributed by atoms with Gasteiger partial charge in [-0.2, -0.15) is 0 Å². The molecule has 0 saturated carbocycles. The maximum Gasteiger partial charge on any atom is 0.303 e. The van der Waals surface area contributed by atoms with Gasteiger partial charge in [-0.1, -0.05) is 23.7 Å². The number of esters is 1. The van der Waals surface area contributed by atoms with Crippen molar-refractivity contribution in [3.05, 3.63) is 53.1 Å². The molecule has 2 aromatic carbocycles. The number of carbonyl (C=O) groups excluding carboxylic acids is 2. The summed E-state index contributed by atoms with van der Waals surface area (Å²) in [6, 6.07) is 12.9. The Hall–Kier alpha value is -2.22.